The van der Waals surface area contributed by atoms with E-state index in [0.29, 0.717) is 24.4 Å². The molecule has 0 saturated carbocycles. The molecule has 2 aliphatic rings. The predicted octanol–water partition coefficient (Wildman–Crippen LogP) is 4.21. The first kappa shape index (κ1) is 30.6. The van der Waals surface area contributed by atoms with Crippen LogP contribution in [0.3, 0.4) is 0 Å². The Balaban J connectivity index is 1.14. The van der Waals surface area contributed by atoms with Gasteiger partial charge in [0, 0.05) is 38.0 Å². The van der Waals surface area contributed by atoms with Crippen LogP contribution >= 0.6 is 0 Å². The largest absolute Gasteiger partial charge is 0.368 e. The van der Waals surface area contributed by atoms with Crippen LogP contribution in [0.15, 0.2) is 107 Å². The first-order valence-corrected chi connectivity index (χ1v) is 16.4. The molecule has 2 aliphatic heterocycles. The van der Waals surface area contributed by atoms with Crippen molar-refractivity contribution >= 4 is 39.5 Å². The van der Waals surface area contributed by atoms with Crippen molar-refractivity contribution in [3.05, 3.63) is 114 Å². The van der Waals surface area contributed by atoms with Crippen molar-refractivity contribution in [3.8, 4) is 0 Å². The predicted molar refractivity (Wildman–Crippen MR) is 176 cm³/mol. The van der Waals surface area contributed by atoms with Crippen LogP contribution in [-0.2, 0) is 31.4 Å². The standard InChI is InChI=1S/C35H37N5O4S/c41-33(38-32(35(42)40-20-6-7-21-40)22-25-12-14-28(15-13-25)34-36-18-19-37-34)24-31(27-9-2-1-3-10-27)39-44-45(43)30-17-16-26-8-4-5-11-29(26)23-30/h1-5,8-17,23,31-32,39H,6-7,18-22,24H2,(H,36,37)(H,38,41). The molecule has 232 valence electrons. The van der Waals surface area contributed by atoms with E-state index in [2.05, 4.69) is 21.1 Å². The molecule has 10 heteroatoms. The highest BCUT2D eigenvalue weighted by Gasteiger charge is 2.29. The molecule has 3 N–H and O–H groups in total. The molecule has 6 rings (SSSR count). The van der Waals surface area contributed by atoms with E-state index in [1.54, 1.807) is 6.07 Å². The van der Waals surface area contributed by atoms with Crippen LogP contribution in [0.25, 0.3) is 10.8 Å². The molecule has 1 saturated heterocycles. The summed E-state index contributed by atoms with van der Waals surface area (Å²) < 4.78 is 18.7. The number of amides is 2. The van der Waals surface area contributed by atoms with E-state index in [-0.39, 0.29) is 18.2 Å². The third-order valence-electron chi connectivity index (χ3n) is 8.16. The lowest BCUT2D eigenvalue weighted by molar-refractivity contribution is -0.135. The number of likely N-dealkylation sites (tertiary alicyclic amines) is 1. The summed E-state index contributed by atoms with van der Waals surface area (Å²) in [6, 6.07) is 29.4. The zero-order chi connectivity index (χ0) is 31.0. The summed E-state index contributed by atoms with van der Waals surface area (Å²) in [6.45, 7) is 2.98. The van der Waals surface area contributed by atoms with Gasteiger partial charge in [0.25, 0.3) is 0 Å². The van der Waals surface area contributed by atoms with E-state index >= 15 is 0 Å². The molecule has 0 radical (unpaired) electrons. The number of hydrogen-bond donors (Lipinski definition) is 3. The van der Waals surface area contributed by atoms with E-state index in [0.717, 1.165) is 59.2 Å². The number of hydroxylamine groups is 1. The summed E-state index contributed by atoms with van der Waals surface area (Å²) in [7, 11) is 0. The molecule has 0 bridgehead atoms. The molecule has 9 nitrogen and oxygen atoms in total. The second-order valence-corrected chi connectivity index (χ2v) is 12.4. The van der Waals surface area contributed by atoms with Crippen LogP contribution in [0, 0.1) is 0 Å². The highest BCUT2D eigenvalue weighted by Crippen LogP contribution is 2.21. The summed E-state index contributed by atoms with van der Waals surface area (Å²) in [6.07, 6.45) is 2.27. The van der Waals surface area contributed by atoms with Crippen molar-refractivity contribution in [1.29, 1.82) is 0 Å². The van der Waals surface area contributed by atoms with Crippen molar-refractivity contribution in [1.82, 2.24) is 21.0 Å². The molecule has 0 aliphatic carbocycles. The van der Waals surface area contributed by atoms with E-state index < -0.39 is 23.2 Å². The van der Waals surface area contributed by atoms with Gasteiger partial charge in [0.15, 0.2) is 0 Å². The van der Waals surface area contributed by atoms with Gasteiger partial charge in [-0.1, -0.05) is 84.9 Å². The summed E-state index contributed by atoms with van der Waals surface area (Å²) in [5.74, 6) is 0.488. The smallest absolute Gasteiger partial charge is 0.245 e. The number of amidine groups is 1. The van der Waals surface area contributed by atoms with Crippen LogP contribution in [0.4, 0.5) is 0 Å². The average Bonchev–Trinajstić information content (AvgIpc) is 3.82. The van der Waals surface area contributed by atoms with Crippen molar-refractivity contribution in [2.24, 2.45) is 4.99 Å². The molecule has 4 aromatic carbocycles. The van der Waals surface area contributed by atoms with Crippen LogP contribution in [0.5, 0.6) is 0 Å². The Bertz CT molecular complexity index is 1690. The Kier molecular flexibility index (Phi) is 9.94. The number of carbonyl (C=O) groups is 2. The van der Waals surface area contributed by atoms with Gasteiger partial charge < -0.3 is 15.5 Å². The van der Waals surface area contributed by atoms with Crippen molar-refractivity contribution in [2.45, 2.75) is 42.7 Å². The summed E-state index contributed by atoms with van der Waals surface area (Å²) in [5.41, 5.74) is 5.62. The molecular formula is C35H37N5O4S. The number of carbonyl (C=O) groups excluding carboxylic acids is 2. The number of rotatable bonds is 12. The van der Waals surface area contributed by atoms with Gasteiger partial charge in [0.05, 0.1) is 17.5 Å². The number of hydrogen-bond acceptors (Lipinski definition) is 7. The molecule has 3 unspecified atom stereocenters. The molecule has 45 heavy (non-hydrogen) atoms. The third kappa shape index (κ3) is 7.83. The fourth-order valence-electron chi connectivity index (χ4n) is 5.76. The van der Waals surface area contributed by atoms with Gasteiger partial charge >= 0.3 is 0 Å². The zero-order valence-electron chi connectivity index (χ0n) is 25.0. The van der Waals surface area contributed by atoms with Crippen molar-refractivity contribution < 1.29 is 18.1 Å². The van der Waals surface area contributed by atoms with Crippen molar-refractivity contribution in [3.63, 3.8) is 0 Å². The first-order valence-electron chi connectivity index (χ1n) is 15.4. The topological polar surface area (TPSA) is 112 Å². The Hall–Kier alpha value is -4.38. The first-order chi connectivity index (χ1) is 22.0. The molecule has 1 fully saturated rings. The minimum atomic E-state index is -1.81. The highest BCUT2D eigenvalue weighted by molar-refractivity contribution is 7.80. The maximum atomic E-state index is 13.6. The number of benzene rings is 4. The molecule has 0 aromatic heterocycles. The van der Waals surface area contributed by atoms with Crippen molar-refractivity contribution in [2.75, 3.05) is 26.2 Å². The molecule has 4 aromatic rings. The van der Waals surface area contributed by atoms with Gasteiger partial charge in [-0.05, 0) is 46.9 Å². The Labute approximate surface area is 265 Å². The maximum absolute atomic E-state index is 13.6. The highest BCUT2D eigenvalue weighted by atomic mass is 32.2. The number of nitrogens with zero attached hydrogens (tertiary/aromatic N) is 2. The monoisotopic (exact) mass is 623 g/mol. The SMILES string of the molecule is O=C(CC(NOS(=O)c1ccc2ccccc2c1)c1ccccc1)NC(Cc1ccc(C2=NCCN2)cc1)C(=O)N1CCCC1. The molecule has 3 atom stereocenters. The zero-order valence-corrected chi connectivity index (χ0v) is 25.8. The minimum absolute atomic E-state index is 0.0207. The fraction of sp³-hybridized carbons (Fsp3) is 0.286. The van der Waals surface area contributed by atoms with E-state index in [9.17, 15) is 13.8 Å². The summed E-state index contributed by atoms with van der Waals surface area (Å²) in [5, 5.41) is 8.29. The Morgan fingerprint density at radius 3 is 2.38 bits per heavy atom. The Morgan fingerprint density at radius 1 is 0.911 bits per heavy atom. The van der Waals surface area contributed by atoms with Crippen LogP contribution < -0.4 is 16.1 Å². The number of nitrogens with one attached hydrogen (secondary N) is 3. The third-order valence-corrected chi connectivity index (χ3v) is 9.05. The molecule has 0 spiro atoms. The van der Waals surface area contributed by atoms with E-state index in [4.69, 9.17) is 4.28 Å². The van der Waals surface area contributed by atoms with Crippen LogP contribution in [0.2, 0.25) is 0 Å². The number of aliphatic imine (C=N–C) groups is 1. The van der Waals surface area contributed by atoms with Gasteiger partial charge in [-0.25, -0.2) is 4.21 Å². The number of fused-ring (bicyclic) bond motifs is 1. The van der Waals surface area contributed by atoms with Gasteiger partial charge in [0.1, 0.15) is 11.9 Å². The lowest BCUT2D eigenvalue weighted by Gasteiger charge is -2.25. The lowest BCUT2D eigenvalue weighted by atomic mass is 10.0. The van der Waals surface area contributed by atoms with E-state index in [1.807, 2.05) is 95.9 Å². The minimum Gasteiger partial charge on any atom is -0.368 e. The van der Waals surface area contributed by atoms with Crippen LogP contribution in [-0.4, -0.2) is 59.0 Å². The maximum Gasteiger partial charge on any atom is 0.245 e. The molecule has 2 heterocycles. The lowest BCUT2D eigenvalue weighted by Crippen LogP contribution is -2.49. The second-order valence-electron chi connectivity index (χ2n) is 11.3. The summed E-state index contributed by atoms with van der Waals surface area (Å²) in [4.78, 5) is 34.0. The van der Waals surface area contributed by atoms with Gasteiger partial charge in [-0.15, -0.1) is 0 Å². The summed E-state index contributed by atoms with van der Waals surface area (Å²) >= 11 is -1.81. The quantitative estimate of drug-likeness (QED) is 0.204. The second kappa shape index (κ2) is 14.6. The van der Waals surface area contributed by atoms with E-state index in [1.165, 1.54) is 0 Å². The molecule has 2 amide bonds. The Morgan fingerprint density at radius 2 is 1.64 bits per heavy atom. The van der Waals surface area contributed by atoms with Gasteiger partial charge in [-0.3, -0.25) is 14.6 Å². The molecular weight excluding hydrogens is 586 g/mol. The van der Waals surface area contributed by atoms with Gasteiger partial charge in [0.2, 0.25) is 22.9 Å². The fourth-order valence-corrected chi connectivity index (χ4v) is 6.46. The van der Waals surface area contributed by atoms with Crippen LogP contribution in [0.1, 0.15) is 42.0 Å². The average molecular weight is 624 g/mol. The van der Waals surface area contributed by atoms with Gasteiger partial charge in [-0.2, -0.15) is 9.76 Å². The normalized spacial score (nSPS) is 16.5.